The summed E-state index contributed by atoms with van der Waals surface area (Å²) < 4.78 is 1.16. The third-order valence-corrected chi connectivity index (χ3v) is 1.28. The normalized spacial score (nSPS) is 12.8. The van der Waals surface area contributed by atoms with Crippen molar-refractivity contribution in [3.05, 3.63) is 11.9 Å². The molecule has 1 heterocycles. The lowest BCUT2D eigenvalue weighted by atomic mass is 10.3. The fourth-order valence-corrected chi connectivity index (χ4v) is 0.721. The molecular formula is C6H9N3O3. The topological polar surface area (TPSA) is 88.2 Å². The summed E-state index contributed by atoms with van der Waals surface area (Å²) in [6, 6.07) is 0. The SMILES string of the molecule is CC(O)c1cn(CC(=O)O)nn1. The van der Waals surface area contributed by atoms with Crippen LogP contribution in [0.3, 0.4) is 0 Å². The second kappa shape index (κ2) is 3.31. The molecule has 0 radical (unpaired) electrons. The molecule has 0 aliphatic rings. The smallest absolute Gasteiger partial charge is 0.325 e. The minimum absolute atomic E-state index is 0.236. The third-order valence-electron chi connectivity index (χ3n) is 1.28. The fraction of sp³-hybridized carbons (Fsp3) is 0.500. The van der Waals surface area contributed by atoms with Gasteiger partial charge in [0.2, 0.25) is 0 Å². The summed E-state index contributed by atoms with van der Waals surface area (Å²) in [5.41, 5.74) is 0.372. The van der Waals surface area contributed by atoms with Gasteiger partial charge < -0.3 is 10.2 Å². The van der Waals surface area contributed by atoms with Gasteiger partial charge in [-0.25, -0.2) is 4.68 Å². The summed E-state index contributed by atoms with van der Waals surface area (Å²) in [7, 11) is 0. The fourth-order valence-electron chi connectivity index (χ4n) is 0.721. The van der Waals surface area contributed by atoms with Crippen LogP contribution < -0.4 is 0 Å². The molecule has 0 bridgehead atoms. The average Bonchev–Trinajstić information content (AvgIpc) is 2.34. The first-order chi connectivity index (χ1) is 5.59. The van der Waals surface area contributed by atoms with Crippen molar-refractivity contribution < 1.29 is 15.0 Å². The predicted octanol–water partition coefficient (Wildman–Crippen LogP) is -0.584. The molecule has 1 rings (SSSR count). The third kappa shape index (κ3) is 2.03. The number of aliphatic hydroxyl groups is 1. The molecule has 1 aromatic rings. The van der Waals surface area contributed by atoms with Gasteiger partial charge in [-0.1, -0.05) is 5.21 Å². The Morgan fingerprint density at radius 2 is 2.50 bits per heavy atom. The van der Waals surface area contributed by atoms with Gasteiger partial charge in [0.25, 0.3) is 0 Å². The van der Waals surface area contributed by atoms with Crippen molar-refractivity contribution in [3.63, 3.8) is 0 Å². The number of carboxylic acid groups (broad SMARTS) is 1. The van der Waals surface area contributed by atoms with Crippen LogP contribution in [0.5, 0.6) is 0 Å². The van der Waals surface area contributed by atoms with E-state index in [-0.39, 0.29) is 6.54 Å². The number of aliphatic carboxylic acids is 1. The van der Waals surface area contributed by atoms with Crippen LogP contribution in [0.2, 0.25) is 0 Å². The van der Waals surface area contributed by atoms with Crippen LogP contribution in [0.15, 0.2) is 6.20 Å². The predicted molar refractivity (Wildman–Crippen MR) is 38.3 cm³/mol. The van der Waals surface area contributed by atoms with Gasteiger partial charge in [-0.15, -0.1) is 5.10 Å². The Balaban J connectivity index is 2.70. The van der Waals surface area contributed by atoms with Crippen molar-refractivity contribution in [2.24, 2.45) is 0 Å². The highest BCUT2D eigenvalue weighted by molar-refractivity contribution is 5.66. The average molecular weight is 171 g/mol. The molecule has 0 saturated heterocycles. The molecule has 2 N–H and O–H groups in total. The maximum atomic E-state index is 10.2. The number of aliphatic hydroxyl groups excluding tert-OH is 1. The maximum absolute atomic E-state index is 10.2. The highest BCUT2D eigenvalue weighted by atomic mass is 16.4. The molecule has 1 unspecified atom stereocenters. The van der Waals surface area contributed by atoms with E-state index in [1.165, 1.54) is 13.1 Å². The van der Waals surface area contributed by atoms with Crippen molar-refractivity contribution >= 4 is 5.97 Å². The van der Waals surface area contributed by atoms with Gasteiger partial charge in [0, 0.05) is 0 Å². The van der Waals surface area contributed by atoms with E-state index in [1.54, 1.807) is 0 Å². The molecule has 1 aromatic heterocycles. The number of carbonyl (C=O) groups is 1. The number of hydrogen-bond donors (Lipinski definition) is 2. The molecule has 6 heteroatoms. The van der Waals surface area contributed by atoms with Gasteiger partial charge in [-0.2, -0.15) is 0 Å². The van der Waals surface area contributed by atoms with E-state index in [0.29, 0.717) is 5.69 Å². The zero-order valence-electron chi connectivity index (χ0n) is 6.51. The summed E-state index contributed by atoms with van der Waals surface area (Å²) >= 11 is 0. The van der Waals surface area contributed by atoms with E-state index in [0.717, 1.165) is 4.68 Å². The van der Waals surface area contributed by atoms with Crippen LogP contribution >= 0.6 is 0 Å². The molecule has 0 saturated carbocycles. The van der Waals surface area contributed by atoms with E-state index >= 15 is 0 Å². The Morgan fingerprint density at radius 3 is 2.92 bits per heavy atom. The zero-order chi connectivity index (χ0) is 9.14. The van der Waals surface area contributed by atoms with Crippen molar-refractivity contribution in [2.45, 2.75) is 19.6 Å². The molecule has 0 aliphatic heterocycles. The van der Waals surface area contributed by atoms with E-state index in [1.807, 2.05) is 0 Å². The number of carboxylic acids is 1. The van der Waals surface area contributed by atoms with Gasteiger partial charge in [-0.3, -0.25) is 4.79 Å². The summed E-state index contributed by atoms with van der Waals surface area (Å²) in [6.45, 7) is 1.30. The van der Waals surface area contributed by atoms with E-state index in [4.69, 9.17) is 10.2 Å². The lowest BCUT2D eigenvalue weighted by Gasteiger charge is -1.94. The van der Waals surface area contributed by atoms with Crippen molar-refractivity contribution in [1.82, 2.24) is 15.0 Å². The molecule has 1 atom stereocenters. The van der Waals surface area contributed by atoms with Crippen LogP contribution in [-0.4, -0.2) is 31.2 Å². The monoisotopic (exact) mass is 171 g/mol. The van der Waals surface area contributed by atoms with E-state index < -0.39 is 12.1 Å². The molecule has 6 nitrogen and oxygen atoms in total. The van der Waals surface area contributed by atoms with Crippen molar-refractivity contribution in [1.29, 1.82) is 0 Å². The molecule has 66 valence electrons. The Morgan fingerprint density at radius 1 is 1.83 bits per heavy atom. The Hall–Kier alpha value is -1.43. The van der Waals surface area contributed by atoms with E-state index in [2.05, 4.69) is 10.3 Å². The molecule has 0 aromatic carbocycles. The quantitative estimate of drug-likeness (QED) is 0.635. The Labute approximate surface area is 68.4 Å². The van der Waals surface area contributed by atoms with Gasteiger partial charge in [0.1, 0.15) is 12.2 Å². The summed E-state index contributed by atoms with van der Waals surface area (Å²) in [5, 5.41) is 24.4. The summed E-state index contributed by atoms with van der Waals surface area (Å²) in [5.74, 6) is -0.989. The highest BCUT2D eigenvalue weighted by Crippen LogP contribution is 2.05. The number of hydrogen-bond acceptors (Lipinski definition) is 4. The molecule has 0 amide bonds. The standard InChI is InChI=1S/C6H9N3O3/c1-4(10)5-2-9(8-7-5)3-6(11)12/h2,4,10H,3H2,1H3,(H,11,12). The second-order valence-corrected chi connectivity index (χ2v) is 2.41. The summed E-state index contributed by atoms with van der Waals surface area (Å²) in [4.78, 5) is 10.2. The minimum atomic E-state index is -0.989. The maximum Gasteiger partial charge on any atom is 0.325 e. The Bertz CT molecular complexity index is 281. The number of rotatable bonds is 3. The zero-order valence-corrected chi connectivity index (χ0v) is 6.51. The first-order valence-corrected chi connectivity index (χ1v) is 3.39. The van der Waals surface area contributed by atoms with Crippen molar-refractivity contribution in [3.8, 4) is 0 Å². The van der Waals surface area contributed by atoms with E-state index in [9.17, 15) is 4.79 Å². The van der Waals surface area contributed by atoms with Gasteiger partial charge in [0.05, 0.1) is 12.3 Å². The van der Waals surface area contributed by atoms with Crippen LogP contribution in [0, 0.1) is 0 Å². The van der Waals surface area contributed by atoms with Crippen LogP contribution in [0.4, 0.5) is 0 Å². The van der Waals surface area contributed by atoms with Gasteiger partial charge in [0.15, 0.2) is 0 Å². The number of nitrogens with zero attached hydrogens (tertiary/aromatic N) is 3. The molecule has 0 aliphatic carbocycles. The molecule has 0 fully saturated rings. The van der Waals surface area contributed by atoms with Crippen molar-refractivity contribution in [2.75, 3.05) is 0 Å². The minimum Gasteiger partial charge on any atom is -0.480 e. The Kier molecular flexibility index (Phi) is 2.39. The largest absolute Gasteiger partial charge is 0.480 e. The first kappa shape index (κ1) is 8.66. The lowest BCUT2D eigenvalue weighted by molar-refractivity contribution is -0.137. The lowest BCUT2D eigenvalue weighted by Crippen LogP contribution is -2.08. The summed E-state index contributed by atoms with van der Waals surface area (Å²) in [6.07, 6.45) is 0.686. The second-order valence-electron chi connectivity index (χ2n) is 2.41. The van der Waals surface area contributed by atoms with Crippen LogP contribution in [-0.2, 0) is 11.3 Å². The van der Waals surface area contributed by atoms with Crippen LogP contribution in [0.25, 0.3) is 0 Å². The molecule has 12 heavy (non-hydrogen) atoms. The van der Waals surface area contributed by atoms with Gasteiger partial charge in [-0.05, 0) is 6.92 Å². The highest BCUT2D eigenvalue weighted by Gasteiger charge is 2.07. The van der Waals surface area contributed by atoms with Gasteiger partial charge >= 0.3 is 5.97 Å². The number of aromatic nitrogens is 3. The van der Waals surface area contributed by atoms with Crippen LogP contribution in [0.1, 0.15) is 18.7 Å². The molecule has 0 spiro atoms. The first-order valence-electron chi connectivity index (χ1n) is 3.39. The molecular weight excluding hydrogens is 162 g/mol.